The van der Waals surface area contributed by atoms with Crippen LogP contribution in [-0.4, -0.2) is 19.7 Å². The van der Waals surface area contributed by atoms with E-state index in [9.17, 15) is 4.79 Å². The van der Waals surface area contributed by atoms with Crippen molar-refractivity contribution in [3.63, 3.8) is 0 Å². The van der Waals surface area contributed by atoms with Gasteiger partial charge < -0.3 is 14.3 Å². The van der Waals surface area contributed by atoms with E-state index in [1.807, 2.05) is 0 Å². The summed E-state index contributed by atoms with van der Waals surface area (Å²) in [5.74, 6) is 0. The Hall–Kier alpha value is -0.830. The fourth-order valence-corrected chi connectivity index (χ4v) is 2.29. The summed E-state index contributed by atoms with van der Waals surface area (Å²) in [6.45, 7) is 3.41. The van der Waals surface area contributed by atoms with Crippen LogP contribution in [-0.2, 0) is 14.3 Å². The quantitative estimate of drug-likeness (QED) is 0.139. The van der Waals surface area contributed by atoms with Crippen LogP contribution < -0.4 is 0 Å². The summed E-state index contributed by atoms with van der Waals surface area (Å²) in [6, 6.07) is 0. The number of hydrogen-bond acceptors (Lipinski definition) is 3. The van der Waals surface area contributed by atoms with Gasteiger partial charge in [0.25, 0.3) is 0 Å². The third-order valence-corrected chi connectivity index (χ3v) is 3.68. The highest BCUT2D eigenvalue weighted by atomic mass is 16.7. The lowest BCUT2D eigenvalue weighted by atomic mass is 10.1. The second-order valence-electron chi connectivity index (χ2n) is 5.84. The first-order chi connectivity index (χ1) is 10.9. The first-order valence-electron chi connectivity index (χ1n) is 9.19. The first kappa shape index (κ1) is 21.2. The van der Waals surface area contributed by atoms with Crippen LogP contribution in [0, 0.1) is 0 Å². The third-order valence-electron chi connectivity index (χ3n) is 3.68. The maximum Gasteiger partial charge on any atom is 0.188 e. The molecule has 22 heavy (non-hydrogen) atoms. The summed E-state index contributed by atoms with van der Waals surface area (Å²) in [5.41, 5.74) is 0. The Balaban J connectivity index is 3.04. The summed E-state index contributed by atoms with van der Waals surface area (Å²) >= 11 is 0. The van der Waals surface area contributed by atoms with E-state index in [-0.39, 0.29) is 0 Å². The molecule has 0 N–H and O–H groups in total. The van der Waals surface area contributed by atoms with Crippen molar-refractivity contribution < 1.29 is 14.3 Å². The largest absolute Gasteiger partial charge is 0.475 e. The fourth-order valence-electron chi connectivity index (χ4n) is 2.29. The number of hydrogen-bond donors (Lipinski definition) is 0. The second kappa shape index (κ2) is 20.2. The zero-order chi connectivity index (χ0) is 16.1. The van der Waals surface area contributed by atoms with Crippen LogP contribution in [0.2, 0.25) is 0 Å². The molecule has 0 aromatic heterocycles. The molecular weight excluding hydrogens is 276 g/mol. The molecule has 0 fully saturated rings. The Morgan fingerprint density at radius 3 is 2.14 bits per heavy atom. The Bertz CT molecular complexity index is 239. The van der Waals surface area contributed by atoms with Crippen LogP contribution in [0.3, 0.4) is 0 Å². The van der Waals surface area contributed by atoms with Crippen LogP contribution in [0.25, 0.3) is 0 Å². The molecule has 3 nitrogen and oxygen atoms in total. The molecule has 0 saturated carbocycles. The zero-order valence-electron chi connectivity index (χ0n) is 14.6. The van der Waals surface area contributed by atoms with Crippen LogP contribution in [0.5, 0.6) is 0 Å². The predicted molar refractivity (Wildman–Crippen MR) is 92.8 cm³/mol. The lowest BCUT2D eigenvalue weighted by Gasteiger charge is -2.03. The molecular formula is C19H36O3. The van der Waals surface area contributed by atoms with E-state index in [2.05, 4.69) is 13.0 Å². The molecule has 0 spiro atoms. The Kier molecular flexibility index (Phi) is 19.4. The van der Waals surface area contributed by atoms with Gasteiger partial charge in [-0.15, -0.1) is 0 Å². The second-order valence-corrected chi connectivity index (χ2v) is 5.84. The molecule has 0 saturated heterocycles. The van der Waals surface area contributed by atoms with Crippen LogP contribution >= 0.6 is 0 Å². The van der Waals surface area contributed by atoms with Gasteiger partial charge in [0.15, 0.2) is 6.79 Å². The van der Waals surface area contributed by atoms with Gasteiger partial charge in [0, 0.05) is 6.42 Å². The highest BCUT2D eigenvalue weighted by molar-refractivity contribution is 5.48. The van der Waals surface area contributed by atoms with Gasteiger partial charge in [0.1, 0.15) is 6.29 Å². The molecule has 0 unspecified atom stereocenters. The summed E-state index contributed by atoms with van der Waals surface area (Å²) in [7, 11) is 0. The highest BCUT2D eigenvalue weighted by Crippen LogP contribution is 2.08. The number of carbonyl (C=O) groups is 1. The van der Waals surface area contributed by atoms with Gasteiger partial charge in [-0.3, -0.25) is 0 Å². The van der Waals surface area contributed by atoms with E-state index in [0.717, 1.165) is 38.6 Å². The minimum absolute atomic E-state index is 0.376. The van der Waals surface area contributed by atoms with Gasteiger partial charge in [-0.05, 0) is 31.8 Å². The standard InChI is InChI=1S/C19H36O3/c1-2-3-4-11-14-17-21-19-22-18-15-12-9-7-5-6-8-10-13-16-20/h15-16,18H,2-14,17,19H2,1H3. The van der Waals surface area contributed by atoms with Gasteiger partial charge in [0.05, 0.1) is 12.9 Å². The summed E-state index contributed by atoms with van der Waals surface area (Å²) in [6.07, 6.45) is 20.2. The van der Waals surface area contributed by atoms with Crippen LogP contribution in [0.15, 0.2) is 12.3 Å². The van der Waals surface area contributed by atoms with Crippen molar-refractivity contribution in [1.29, 1.82) is 0 Å². The Morgan fingerprint density at radius 2 is 1.41 bits per heavy atom. The van der Waals surface area contributed by atoms with Crippen molar-refractivity contribution in [2.75, 3.05) is 13.4 Å². The van der Waals surface area contributed by atoms with Crippen molar-refractivity contribution in [1.82, 2.24) is 0 Å². The Labute approximate surface area is 137 Å². The van der Waals surface area contributed by atoms with E-state index in [1.165, 1.54) is 57.8 Å². The van der Waals surface area contributed by atoms with Crippen LogP contribution in [0.4, 0.5) is 0 Å². The van der Waals surface area contributed by atoms with Crippen molar-refractivity contribution in [3.05, 3.63) is 12.3 Å². The third kappa shape index (κ3) is 19.2. The molecule has 0 radical (unpaired) electrons. The maximum atomic E-state index is 10.1. The lowest BCUT2D eigenvalue weighted by Crippen LogP contribution is -1.97. The predicted octanol–water partition coefficient (Wildman–Crippen LogP) is 5.78. The van der Waals surface area contributed by atoms with E-state index in [0.29, 0.717) is 6.79 Å². The molecule has 0 aromatic rings. The maximum absolute atomic E-state index is 10.1. The molecule has 0 aromatic carbocycles. The normalized spacial score (nSPS) is 11.1. The lowest BCUT2D eigenvalue weighted by molar-refractivity contribution is -0.107. The average molecular weight is 312 g/mol. The molecule has 0 aliphatic carbocycles. The summed E-state index contributed by atoms with van der Waals surface area (Å²) in [4.78, 5) is 10.1. The monoisotopic (exact) mass is 312 g/mol. The minimum Gasteiger partial charge on any atom is -0.475 e. The van der Waals surface area contributed by atoms with Crippen LogP contribution in [0.1, 0.15) is 90.4 Å². The van der Waals surface area contributed by atoms with Gasteiger partial charge >= 0.3 is 0 Å². The number of ether oxygens (including phenoxy) is 2. The molecule has 130 valence electrons. The topological polar surface area (TPSA) is 35.5 Å². The molecule has 0 bridgehead atoms. The smallest absolute Gasteiger partial charge is 0.188 e. The molecule has 0 aliphatic heterocycles. The highest BCUT2D eigenvalue weighted by Gasteiger charge is 1.91. The molecule has 0 heterocycles. The molecule has 0 rings (SSSR count). The first-order valence-corrected chi connectivity index (χ1v) is 9.19. The van der Waals surface area contributed by atoms with Crippen molar-refractivity contribution in [2.24, 2.45) is 0 Å². The SMILES string of the molecule is CCCCCCCOCOC=CCCCCCCCCC=O. The number of carbonyl (C=O) groups excluding carboxylic acids is 1. The summed E-state index contributed by atoms with van der Waals surface area (Å²) in [5, 5.41) is 0. The zero-order valence-corrected chi connectivity index (χ0v) is 14.6. The van der Waals surface area contributed by atoms with E-state index >= 15 is 0 Å². The molecule has 3 heteroatoms. The van der Waals surface area contributed by atoms with E-state index < -0.39 is 0 Å². The minimum atomic E-state index is 0.376. The number of aldehydes is 1. The number of rotatable bonds is 18. The Morgan fingerprint density at radius 1 is 0.773 bits per heavy atom. The number of unbranched alkanes of at least 4 members (excludes halogenated alkanes) is 11. The fraction of sp³-hybridized carbons (Fsp3) is 0.842. The van der Waals surface area contributed by atoms with Crippen molar-refractivity contribution in [2.45, 2.75) is 90.4 Å². The van der Waals surface area contributed by atoms with Crippen molar-refractivity contribution >= 4 is 6.29 Å². The van der Waals surface area contributed by atoms with Gasteiger partial charge in [0.2, 0.25) is 0 Å². The molecule has 0 aliphatic rings. The van der Waals surface area contributed by atoms with Gasteiger partial charge in [-0.2, -0.15) is 0 Å². The van der Waals surface area contributed by atoms with Crippen molar-refractivity contribution in [3.8, 4) is 0 Å². The van der Waals surface area contributed by atoms with Gasteiger partial charge in [-0.1, -0.05) is 58.3 Å². The molecule has 0 amide bonds. The summed E-state index contributed by atoms with van der Waals surface area (Å²) < 4.78 is 10.7. The average Bonchev–Trinajstić information content (AvgIpc) is 2.54. The molecule has 0 atom stereocenters. The van der Waals surface area contributed by atoms with E-state index in [4.69, 9.17) is 9.47 Å². The van der Waals surface area contributed by atoms with E-state index in [1.54, 1.807) is 6.26 Å². The van der Waals surface area contributed by atoms with Gasteiger partial charge in [-0.25, -0.2) is 0 Å². The number of allylic oxidation sites excluding steroid dienone is 1.